The number of rotatable bonds is 0. The molecule has 0 saturated heterocycles. The van der Waals surface area contributed by atoms with Gasteiger partial charge in [-0.1, -0.05) is 6.92 Å². The van der Waals surface area contributed by atoms with Gasteiger partial charge in [-0.3, -0.25) is 0 Å². The lowest BCUT2D eigenvalue weighted by molar-refractivity contribution is 0.218. The Balaban J connectivity index is 2.27. The Hall–Kier alpha value is -0.0600. The van der Waals surface area contributed by atoms with Gasteiger partial charge in [0.15, 0.2) is 0 Å². The highest BCUT2D eigenvalue weighted by Crippen LogP contribution is 2.34. The highest BCUT2D eigenvalue weighted by Gasteiger charge is 2.29. The van der Waals surface area contributed by atoms with E-state index < -0.39 is 0 Å². The van der Waals surface area contributed by atoms with Gasteiger partial charge in [-0.05, 0) is 37.7 Å². The van der Waals surface area contributed by atoms with Gasteiger partial charge in [-0.15, -0.1) is 0 Å². The lowest BCUT2D eigenvalue weighted by Crippen LogP contribution is -2.12. The molecule has 0 amide bonds. The summed E-state index contributed by atoms with van der Waals surface area (Å²) in [6.45, 7) is 4.48. The second-order valence-corrected chi connectivity index (χ2v) is 4.94. The van der Waals surface area contributed by atoms with Crippen LogP contribution in [-0.4, -0.2) is 10.0 Å². The van der Waals surface area contributed by atoms with Crippen molar-refractivity contribution in [3.05, 3.63) is 11.3 Å². The Morgan fingerprint density at radius 1 is 1.54 bits per heavy atom. The topological polar surface area (TPSA) is 21.6 Å². The van der Waals surface area contributed by atoms with Crippen LogP contribution in [0, 0.1) is 5.92 Å². The van der Waals surface area contributed by atoms with Crippen molar-refractivity contribution in [3.63, 3.8) is 0 Å². The Bertz CT molecular complexity index is 283. The molecule has 72 valence electrons. The van der Waals surface area contributed by atoms with Crippen LogP contribution in [0.5, 0.6) is 0 Å². The van der Waals surface area contributed by atoms with Crippen LogP contribution < -0.4 is 0 Å². The molecule has 2 atom stereocenters. The third-order valence-corrected chi connectivity index (χ3v) is 3.31. The molecule has 3 heteroatoms. The number of aliphatic imine (C=N–C) groups is 1. The van der Waals surface area contributed by atoms with E-state index in [4.69, 9.17) is 4.74 Å². The maximum Gasteiger partial charge on any atom is 0.253 e. The summed E-state index contributed by atoms with van der Waals surface area (Å²) in [7, 11) is 0. The van der Waals surface area contributed by atoms with E-state index in [2.05, 4.69) is 41.4 Å². The van der Waals surface area contributed by atoms with E-state index in [1.54, 1.807) is 0 Å². The molecule has 0 aromatic rings. The molecular weight excluding hydrogens is 277 g/mol. The maximum absolute atomic E-state index is 5.66. The molecule has 0 N–H and O–H groups in total. The third-order valence-electron chi connectivity index (χ3n) is 2.82. The Kier molecular flexibility index (Phi) is 2.62. The quantitative estimate of drug-likeness (QED) is 0.628. The third kappa shape index (κ3) is 1.90. The smallest absolute Gasteiger partial charge is 0.253 e. The number of halogens is 1. The predicted molar refractivity (Wildman–Crippen MR) is 62.0 cm³/mol. The van der Waals surface area contributed by atoms with Crippen molar-refractivity contribution in [2.45, 2.75) is 39.2 Å². The van der Waals surface area contributed by atoms with E-state index in [-0.39, 0.29) is 6.10 Å². The lowest BCUT2D eigenvalue weighted by atomic mass is 10.0. The first-order valence-corrected chi connectivity index (χ1v) is 5.85. The monoisotopic (exact) mass is 291 g/mol. The zero-order valence-corrected chi connectivity index (χ0v) is 10.2. The average Bonchev–Trinajstić information content (AvgIpc) is 2.37. The van der Waals surface area contributed by atoms with Crippen LogP contribution in [0.1, 0.15) is 33.1 Å². The van der Waals surface area contributed by atoms with Gasteiger partial charge in [0, 0.05) is 22.6 Å². The van der Waals surface area contributed by atoms with Crippen LogP contribution >= 0.6 is 22.6 Å². The van der Waals surface area contributed by atoms with Gasteiger partial charge in [0.05, 0.1) is 5.70 Å². The lowest BCUT2D eigenvalue weighted by Gasteiger charge is -2.13. The fraction of sp³-hybridized carbons (Fsp3) is 0.700. The zero-order valence-electron chi connectivity index (χ0n) is 8.01. The number of hydrogen-bond acceptors (Lipinski definition) is 2. The molecule has 2 rings (SSSR count). The summed E-state index contributed by atoms with van der Waals surface area (Å²) in [6, 6.07) is 0. The van der Waals surface area contributed by atoms with Crippen molar-refractivity contribution in [3.8, 4) is 0 Å². The maximum atomic E-state index is 5.66. The molecule has 0 aromatic carbocycles. The second-order valence-electron chi connectivity index (χ2n) is 4.02. The minimum absolute atomic E-state index is 0.254. The van der Waals surface area contributed by atoms with Crippen LogP contribution in [0.4, 0.5) is 0 Å². The molecular formula is C10H14INO. The van der Waals surface area contributed by atoms with Crippen LogP contribution in [0.25, 0.3) is 0 Å². The predicted octanol–water partition coefficient (Wildman–Crippen LogP) is 3.27. The molecule has 0 aromatic heterocycles. The average molecular weight is 291 g/mol. The van der Waals surface area contributed by atoms with Crippen LogP contribution in [0.15, 0.2) is 16.3 Å². The first-order chi connectivity index (χ1) is 6.16. The molecule has 0 radical (unpaired) electrons. The second kappa shape index (κ2) is 3.59. The van der Waals surface area contributed by atoms with Gasteiger partial charge in [0.2, 0.25) is 0 Å². The molecule has 2 unspecified atom stereocenters. The Labute approximate surface area is 92.6 Å². The SMILES string of the molecule is CC1=C2N=C(I)OC2CC(C)CC1. The Morgan fingerprint density at radius 2 is 2.31 bits per heavy atom. The van der Waals surface area contributed by atoms with Gasteiger partial charge in [0.25, 0.3) is 3.90 Å². The number of ether oxygens (including phenoxy) is 1. The molecule has 0 fully saturated rings. The van der Waals surface area contributed by atoms with Crippen LogP contribution in [0.2, 0.25) is 0 Å². The van der Waals surface area contributed by atoms with E-state index in [1.807, 2.05) is 0 Å². The van der Waals surface area contributed by atoms with Crippen LogP contribution in [-0.2, 0) is 4.74 Å². The van der Waals surface area contributed by atoms with Gasteiger partial charge in [-0.25, -0.2) is 4.99 Å². The summed E-state index contributed by atoms with van der Waals surface area (Å²) in [5.41, 5.74) is 2.62. The molecule has 2 nitrogen and oxygen atoms in total. The summed E-state index contributed by atoms with van der Waals surface area (Å²) in [4.78, 5) is 4.45. The minimum atomic E-state index is 0.254. The highest BCUT2D eigenvalue weighted by atomic mass is 127. The van der Waals surface area contributed by atoms with E-state index in [9.17, 15) is 0 Å². The molecule has 13 heavy (non-hydrogen) atoms. The molecule has 1 heterocycles. The van der Waals surface area contributed by atoms with Crippen molar-refractivity contribution in [2.24, 2.45) is 10.9 Å². The van der Waals surface area contributed by atoms with Crippen molar-refractivity contribution < 1.29 is 4.74 Å². The van der Waals surface area contributed by atoms with Gasteiger partial charge >= 0.3 is 0 Å². The standard InChI is InChI=1S/C10H14INO/c1-6-3-4-7(2)9-8(5-6)13-10(11)12-9/h6,8H,3-5H2,1-2H3. The van der Waals surface area contributed by atoms with E-state index >= 15 is 0 Å². The summed E-state index contributed by atoms with van der Waals surface area (Å²) >= 11 is 2.16. The first-order valence-electron chi connectivity index (χ1n) is 4.77. The fourth-order valence-corrected chi connectivity index (χ4v) is 2.54. The van der Waals surface area contributed by atoms with Crippen LogP contribution in [0.3, 0.4) is 0 Å². The van der Waals surface area contributed by atoms with E-state index in [1.165, 1.54) is 24.1 Å². The summed E-state index contributed by atoms with van der Waals surface area (Å²) < 4.78 is 6.48. The largest absolute Gasteiger partial charge is 0.463 e. The van der Waals surface area contributed by atoms with Crippen molar-refractivity contribution in [1.29, 1.82) is 0 Å². The van der Waals surface area contributed by atoms with Crippen molar-refractivity contribution in [1.82, 2.24) is 0 Å². The number of hydrogen-bond donors (Lipinski definition) is 0. The summed E-state index contributed by atoms with van der Waals surface area (Å²) in [5.74, 6) is 0.759. The summed E-state index contributed by atoms with van der Waals surface area (Å²) in [5, 5.41) is 0. The van der Waals surface area contributed by atoms with Gasteiger partial charge in [-0.2, -0.15) is 0 Å². The minimum Gasteiger partial charge on any atom is -0.463 e. The normalized spacial score (nSPS) is 33.6. The number of nitrogens with zero attached hydrogens (tertiary/aromatic N) is 1. The molecule has 0 spiro atoms. The van der Waals surface area contributed by atoms with Crippen molar-refractivity contribution >= 4 is 26.5 Å². The molecule has 0 saturated carbocycles. The Morgan fingerprint density at radius 3 is 3.08 bits per heavy atom. The number of allylic oxidation sites excluding steroid dienone is 1. The highest BCUT2D eigenvalue weighted by molar-refractivity contribution is 14.1. The molecule has 1 aliphatic carbocycles. The zero-order chi connectivity index (χ0) is 9.42. The molecule has 0 bridgehead atoms. The van der Waals surface area contributed by atoms with Crippen molar-refractivity contribution in [2.75, 3.05) is 0 Å². The molecule has 2 aliphatic rings. The number of fused-ring (bicyclic) bond motifs is 1. The van der Waals surface area contributed by atoms with Gasteiger partial charge in [0.1, 0.15) is 6.10 Å². The van der Waals surface area contributed by atoms with Gasteiger partial charge < -0.3 is 4.74 Å². The van der Waals surface area contributed by atoms with E-state index in [0.717, 1.165) is 16.2 Å². The fourth-order valence-electron chi connectivity index (χ4n) is 1.97. The first kappa shape index (κ1) is 9.49. The molecule has 1 aliphatic heterocycles. The summed E-state index contributed by atoms with van der Waals surface area (Å²) in [6.07, 6.45) is 3.85. The van der Waals surface area contributed by atoms with E-state index in [0.29, 0.717) is 0 Å².